The SMILES string of the molecule is COc1ccc(C(O)C(N)C(=O)O)c(OC)c1OC. The number of aliphatic hydroxyl groups is 1. The van der Waals surface area contributed by atoms with Crippen LogP contribution in [0.4, 0.5) is 0 Å². The van der Waals surface area contributed by atoms with Crippen LogP contribution in [0.15, 0.2) is 12.1 Å². The van der Waals surface area contributed by atoms with Gasteiger partial charge in [0.1, 0.15) is 12.1 Å². The van der Waals surface area contributed by atoms with Gasteiger partial charge in [0.15, 0.2) is 11.5 Å². The molecule has 0 aliphatic heterocycles. The van der Waals surface area contributed by atoms with Gasteiger partial charge in [0.2, 0.25) is 5.75 Å². The third-order valence-corrected chi connectivity index (χ3v) is 2.68. The number of carboxylic acids is 1. The van der Waals surface area contributed by atoms with Crippen molar-refractivity contribution in [3.05, 3.63) is 17.7 Å². The molecule has 4 N–H and O–H groups in total. The van der Waals surface area contributed by atoms with Gasteiger partial charge < -0.3 is 30.2 Å². The molecule has 106 valence electrons. The molecule has 0 radical (unpaired) electrons. The molecular formula is C12H17NO6. The molecule has 0 saturated heterocycles. The number of benzene rings is 1. The Balaban J connectivity index is 3.32. The normalized spacial score (nSPS) is 13.5. The number of carboxylic acid groups (broad SMARTS) is 1. The molecule has 0 amide bonds. The summed E-state index contributed by atoms with van der Waals surface area (Å²) in [5.74, 6) is -0.464. The van der Waals surface area contributed by atoms with Crippen molar-refractivity contribution < 1.29 is 29.2 Å². The van der Waals surface area contributed by atoms with Gasteiger partial charge in [-0.05, 0) is 12.1 Å². The van der Waals surface area contributed by atoms with E-state index in [-0.39, 0.29) is 17.1 Å². The van der Waals surface area contributed by atoms with E-state index in [0.717, 1.165) is 0 Å². The van der Waals surface area contributed by atoms with Crippen LogP contribution in [0, 0.1) is 0 Å². The van der Waals surface area contributed by atoms with Gasteiger partial charge in [0, 0.05) is 5.56 Å². The largest absolute Gasteiger partial charge is 0.493 e. The molecule has 7 nitrogen and oxygen atoms in total. The van der Waals surface area contributed by atoms with Crippen molar-refractivity contribution in [1.29, 1.82) is 0 Å². The molecule has 0 aliphatic carbocycles. The van der Waals surface area contributed by atoms with E-state index in [4.69, 9.17) is 25.1 Å². The summed E-state index contributed by atoms with van der Waals surface area (Å²) in [5.41, 5.74) is 5.62. The fourth-order valence-electron chi connectivity index (χ4n) is 1.69. The lowest BCUT2D eigenvalue weighted by molar-refractivity contribution is -0.141. The molecule has 0 aliphatic rings. The Labute approximate surface area is 110 Å². The minimum Gasteiger partial charge on any atom is -0.493 e. The van der Waals surface area contributed by atoms with Gasteiger partial charge in [0.05, 0.1) is 21.3 Å². The standard InChI is InChI=1S/C12H17NO6/c1-17-7-5-4-6(9(14)8(13)12(15)16)10(18-2)11(7)19-3/h4-5,8-9,14H,13H2,1-3H3,(H,15,16). The van der Waals surface area contributed by atoms with Crippen LogP contribution >= 0.6 is 0 Å². The lowest BCUT2D eigenvalue weighted by atomic mass is 10.0. The van der Waals surface area contributed by atoms with Crippen molar-refractivity contribution in [3.8, 4) is 17.2 Å². The molecule has 2 unspecified atom stereocenters. The maximum atomic E-state index is 10.8. The maximum Gasteiger partial charge on any atom is 0.323 e. The number of ether oxygens (including phenoxy) is 3. The van der Waals surface area contributed by atoms with E-state index >= 15 is 0 Å². The zero-order valence-electron chi connectivity index (χ0n) is 10.9. The summed E-state index contributed by atoms with van der Waals surface area (Å²) in [7, 11) is 4.24. The first-order valence-corrected chi connectivity index (χ1v) is 5.43. The lowest BCUT2D eigenvalue weighted by Crippen LogP contribution is -2.36. The Bertz CT molecular complexity index is 462. The first-order chi connectivity index (χ1) is 8.97. The molecule has 0 heterocycles. The first-order valence-electron chi connectivity index (χ1n) is 5.43. The van der Waals surface area contributed by atoms with Gasteiger partial charge in [-0.25, -0.2) is 0 Å². The Morgan fingerprint density at radius 3 is 2.16 bits per heavy atom. The number of methoxy groups -OCH3 is 3. The molecule has 2 atom stereocenters. The highest BCUT2D eigenvalue weighted by Crippen LogP contribution is 2.42. The number of aliphatic carboxylic acids is 1. The minimum atomic E-state index is -1.47. The first kappa shape index (κ1) is 15.1. The van der Waals surface area contributed by atoms with Crippen molar-refractivity contribution in [2.75, 3.05) is 21.3 Å². The predicted octanol–water partition coefficient (Wildman–Crippen LogP) is 0.158. The summed E-state index contributed by atoms with van der Waals surface area (Å²) in [6.45, 7) is 0. The zero-order valence-corrected chi connectivity index (χ0v) is 10.9. The van der Waals surface area contributed by atoms with Crippen LogP contribution in [-0.4, -0.2) is 43.6 Å². The monoisotopic (exact) mass is 271 g/mol. The second kappa shape index (κ2) is 6.26. The van der Waals surface area contributed by atoms with Crippen molar-refractivity contribution in [1.82, 2.24) is 0 Å². The van der Waals surface area contributed by atoms with E-state index in [0.29, 0.717) is 5.75 Å². The van der Waals surface area contributed by atoms with Crippen molar-refractivity contribution in [2.45, 2.75) is 12.1 Å². The average Bonchev–Trinajstić information content (AvgIpc) is 2.43. The lowest BCUT2D eigenvalue weighted by Gasteiger charge is -2.20. The third-order valence-electron chi connectivity index (χ3n) is 2.68. The second-order valence-corrected chi connectivity index (χ2v) is 3.73. The molecule has 0 spiro atoms. The highest BCUT2D eigenvalue weighted by Gasteiger charge is 2.28. The molecule has 1 rings (SSSR count). The van der Waals surface area contributed by atoms with Crippen LogP contribution in [0.25, 0.3) is 0 Å². The quantitative estimate of drug-likeness (QED) is 0.675. The fourth-order valence-corrected chi connectivity index (χ4v) is 1.69. The number of aliphatic hydroxyl groups excluding tert-OH is 1. The number of rotatable bonds is 6. The maximum absolute atomic E-state index is 10.8. The summed E-state index contributed by atoms with van der Waals surface area (Å²) in [5, 5.41) is 18.8. The van der Waals surface area contributed by atoms with Crippen molar-refractivity contribution in [3.63, 3.8) is 0 Å². The van der Waals surface area contributed by atoms with Crippen LogP contribution in [0.2, 0.25) is 0 Å². The summed E-state index contributed by atoms with van der Waals surface area (Å²) >= 11 is 0. The van der Waals surface area contributed by atoms with Gasteiger partial charge in [0.25, 0.3) is 0 Å². The summed E-state index contributed by atoms with van der Waals surface area (Å²) in [6, 6.07) is 1.55. The summed E-state index contributed by atoms with van der Waals surface area (Å²) in [4.78, 5) is 10.8. The highest BCUT2D eigenvalue weighted by molar-refractivity contribution is 5.74. The van der Waals surface area contributed by atoms with E-state index in [1.165, 1.54) is 33.5 Å². The third kappa shape index (κ3) is 2.88. The Morgan fingerprint density at radius 2 is 1.74 bits per heavy atom. The van der Waals surface area contributed by atoms with Crippen molar-refractivity contribution in [2.24, 2.45) is 5.73 Å². The highest BCUT2D eigenvalue weighted by atomic mass is 16.5. The molecular weight excluding hydrogens is 254 g/mol. The smallest absolute Gasteiger partial charge is 0.323 e. The Hall–Kier alpha value is -1.99. The molecule has 7 heteroatoms. The van der Waals surface area contributed by atoms with Gasteiger partial charge in [-0.3, -0.25) is 4.79 Å². The molecule has 0 bridgehead atoms. The van der Waals surface area contributed by atoms with Gasteiger partial charge >= 0.3 is 5.97 Å². The van der Waals surface area contributed by atoms with E-state index in [2.05, 4.69) is 0 Å². The number of hydrogen-bond donors (Lipinski definition) is 3. The second-order valence-electron chi connectivity index (χ2n) is 3.73. The van der Waals surface area contributed by atoms with Gasteiger partial charge in [-0.15, -0.1) is 0 Å². The Kier molecular flexibility index (Phi) is 4.96. The van der Waals surface area contributed by atoms with Gasteiger partial charge in [-0.1, -0.05) is 0 Å². The number of carbonyl (C=O) groups is 1. The minimum absolute atomic E-state index is 0.186. The average molecular weight is 271 g/mol. The van der Waals surface area contributed by atoms with Crippen LogP contribution in [0.5, 0.6) is 17.2 Å². The predicted molar refractivity (Wildman–Crippen MR) is 66.7 cm³/mol. The van der Waals surface area contributed by atoms with Crippen LogP contribution < -0.4 is 19.9 Å². The summed E-state index contributed by atoms with van der Waals surface area (Å²) < 4.78 is 15.4. The van der Waals surface area contributed by atoms with E-state index in [1.807, 2.05) is 0 Å². The zero-order chi connectivity index (χ0) is 14.6. The molecule has 19 heavy (non-hydrogen) atoms. The molecule has 1 aromatic rings. The number of nitrogens with two attached hydrogens (primary N) is 1. The van der Waals surface area contributed by atoms with E-state index in [1.54, 1.807) is 0 Å². The summed E-state index contributed by atoms with van der Waals surface area (Å²) in [6.07, 6.45) is -1.42. The number of hydrogen-bond acceptors (Lipinski definition) is 6. The van der Waals surface area contributed by atoms with Crippen LogP contribution in [-0.2, 0) is 4.79 Å². The van der Waals surface area contributed by atoms with Crippen molar-refractivity contribution >= 4 is 5.97 Å². The van der Waals surface area contributed by atoms with E-state index in [9.17, 15) is 9.90 Å². The van der Waals surface area contributed by atoms with Gasteiger partial charge in [-0.2, -0.15) is 0 Å². The molecule has 0 aromatic heterocycles. The molecule has 0 saturated carbocycles. The van der Waals surface area contributed by atoms with Crippen LogP contribution in [0.1, 0.15) is 11.7 Å². The Morgan fingerprint density at radius 1 is 1.16 bits per heavy atom. The molecule has 0 fully saturated rings. The van der Waals surface area contributed by atoms with E-state index < -0.39 is 18.1 Å². The topological polar surface area (TPSA) is 111 Å². The fraction of sp³-hybridized carbons (Fsp3) is 0.417. The van der Waals surface area contributed by atoms with Crippen LogP contribution in [0.3, 0.4) is 0 Å². The molecule has 1 aromatic carbocycles.